The third kappa shape index (κ3) is 4.38. The zero-order valence-corrected chi connectivity index (χ0v) is 18.3. The van der Waals surface area contributed by atoms with Crippen molar-refractivity contribution < 1.29 is 19.1 Å². The third-order valence-corrected chi connectivity index (χ3v) is 6.50. The maximum absolute atomic E-state index is 13.2. The topological polar surface area (TPSA) is 79.9 Å². The lowest BCUT2D eigenvalue weighted by atomic mass is 9.76. The molecule has 0 bridgehead atoms. The van der Waals surface area contributed by atoms with Crippen molar-refractivity contribution in [3.8, 4) is 11.5 Å². The van der Waals surface area contributed by atoms with Gasteiger partial charge in [-0.15, -0.1) is 0 Å². The van der Waals surface area contributed by atoms with Crippen LogP contribution in [0.2, 0.25) is 0 Å². The minimum absolute atomic E-state index is 0.0417. The number of nitrogens with one attached hydrogen (secondary N) is 2. The fourth-order valence-corrected chi connectivity index (χ4v) is 4.71. The van der Waals surface area contributed by atoms with Gasteiger partial charge in [0.1, 0.15) is 0 Å². The molecule has 2 N–H and O–H groups in total. The number of nitrogens with zero attached hydrogens (tertiary/aromatic N) is 1. The van der Waals surface area contributed by atoms with Crippen LogP contribution in [-0.2, 0) is 16.1 Å². The largest absolute Gasteiger partial charge is 0.454 e. The van der Waals surface area contributed by atoms with Crippen molar-refractivity contribution >= 4 is 29.1 Å². The Bertz CT molecular complexity index is 844. The lowest BCUT2D eigenvalue weighted by Crippen LogP contribution is -2.61. The fraction of sp³-hybridized carbons (Fsp3) is 0.591. The predicted octanol–water partition coefficient (Wildman–Crippen LogP) is 2.58. The molecule has 0 spiro atoms. The van der Waals surface area contributed by atoms with Gasteiger partial charge < -0.3 is 20.1 Å². The molecule has 3 unspecified atom stereocenters. The first kappa shape index (κ1) is 20.9. The van der Waals surface area contributed by atoms with Gasteiger partial charge in [-0.2, -0.15) is 0 Å². The van der Waals surface area contributed by atoms with E-state index in [1.807, 2.05) is 18.2 Å². The van der Waals surface area contributed by atoms with E-state index in [0.29, 0.717) is 42.7 Å². The second-order valence-electron chi connectivity index (χ2n) is 8.76. The Morgan fingerprint density at radius 3 is 2.90 bits per heavy atom. The van der Waals surface area contributed by atoms with Gasteiger partial charge in [-0.25, -0.2) is 0 Å². The Balaban J connectivity index is 1.36. The van der Waals surface area contributed by atoms with Gasteiger partial charge >= 0.3 is 0 Å². The molecule has 2 heterocycles. The minimum Gasteiger partial charge on any atom is -0.454 e. The number of hydrogen-bond donors (Lipinski definition) is 2. The van der Waals surface area contributed by atoms with Crippen LogP contribution in [0.3, 0.4) is 0 Å². The van der Waals surface area contributed by atoms with Gasteiger partial charge in [0.05, 0.1) is 12.5 Å². The molecule has 1 aliphatic carbocycles. The highest BCUT2D eigenvalue weighted by Gasteiger charge is 2.44. The summed E-state index contributed by atoms with van der Waals surface area (Å²) in [4.78, 5) is 27.3. The number of thiocarbonyl (C=S) groups is 1. The van der Waals surface area contributed by atoms with Crippen molar-refractivity contribution in [1.82, 2.24) is 15.5 Å². The van der Waals surface area contributed by atoms with E-state index in [1.165, 1.54) is 0 Å². The molecule has 1 aromatic carbocycles. The smallest absolute Gasteiger partial charge is 0.234 e. The first-order valence-electron chi connectivity index (χ1n) is 10.7. The Morgan fingerprint density at radius 2 is 2.10 bits per heavy atom. The van der Waals surface area contributed by atoms with Crippen LogP contribution >= 0.6 is 12.2 Å². The van der Waals surface area contributed by atoms with E-state index < -0.39 is 0 Å². The number of hydrogen-bond acceptors (Lipinski definition) is 5. The van der Waals surface area contributed by atoms with Crippen molar-refractivity contribution in [3.05, 3.63) is 23.8 Å². The molecule has 0 radical (unpaired) electrons. The van der Waals surface area contributed by atoms with E-state index in [2.05, 4.69) is 24.5 Å². The molecule has 2 aliphatic heterocycles. The number of amides is 2. The quantitative estimate of drug-likeness (QED) is 0.674. The van der Waals surface area contributed by atoms with Crippen LogP contribution in [0.1, 0.15) is 45.1 Å². The van der Waals surface area contributed by atoms with Gasteiger partial charge in [0.15, 0.2) is 16.6 Å². The van der Waals surface area contributed by atoms with Gasteiger partial charge in [0, 0.05) is 18.5 Å². The number of carbonyl (C=O) groups is 2. The summed E-state index contributed by atoms with van der Waals surface area (Å²) in [6, 6.07) is 5.60. The summed E-state index contributed by atoms with van der Waals surface area (Å²) in [5, 5.41) is 6.81. The van der Waals surface area contributed by atoms with E-state index in [1.54, 1.807) is 4.90 Å². The molecule has 162 valence electrons. The Labute approximate surface area is 182 Å². The van der Waals surface area contributed by atoms with Crippen molar-refractivity contribution in [2.75, 3.05) is 13.3 Å². The third-order valence-electron chi connectivity index (χ3n) is 6.16. The van der Waals surface area contributed by atoms with E-state index in [9.17, 15) is 9.59 Å². The SMILES string of the molecule is CC(C)CCNC(=O)C1CCC2C(=O)N(Cc3ccc4c(c3)OCO4)C(=S)NC2C1. The lowest BCUT2D eigenvalue weighted by molar-refractivity contribution is -0.138. The minimum atomic E-state index is -0.148. The van der Waals surface area contributed by atoms with Crippen LogP contribution in [-0.4, -0.2) is 41.2 Å². The highest BCUT2D eigenvalue weighted by Crippen LogP contribution is 2.35. The van der Waals surface area contributed by atoms with E-state index in [-0.39, 0.29) is 36.5 Å². The molecule has 3 aliphatic rings. The highest BCUT2D eigenvalue weighted by molar-refractivity contribution is 7.80. The molecule has 7 nitrogen and oxygen atoms in total. The predicted molar refractivity (Wildman–Crippen MR) is 116 cm³/mol. The standard InChI is InChI=1S/C22H29N3O4S/c1-13(2)7-8-23-20(26)15-4-5-16-17(10-15)24-22(30)25(21(16)27)11-14-3-6-18-19(9-14)29-12-28-18/h3,6,9,13,15-17H,4-5,7-8,10-12H2,1-2H3,(H,23,26)(H,24,30). The molecule has 1 saturated carbocycles. The molecule has 8 heteroatoms. The van der Waals surface area contributed by atoms with E-state index in [4.69, 9.17) is 21.7 Å². The Kier molecular flexibility index (Phi) is 6.13. The second-order valence-corrected chi connectivity index (χ2v) is 9.14. The summed E-state index contributed by atoms with van der Waals surface area (Å²) in [5.74, 6) is 1.89. The zero-order chi connectivity index (χ0) is 21.3. The van der Waals surface area contributed by atoms with Crippen LogP contribution in [0, 0.1) is 17.8 Å². The van der Waals surface area contributed by atoms with Gasteiger partial charge in [-0.1, -0.05) is 19.9 Å². The first-order chi connectivity index (χ1) is 14.4. The Morgan fingerprint density at radius 1 is 1.30 bits per heavy atom. The molecule has 2 amide bonds. The molecule has 1 saturated heterocycles. The summed E-state index contributed by atoms with van der Waals surface area (Å²) >= 11 is 5.51. The number of rotatable bonds is 6. The van der Waals surface area contributed by atoms with Crippen LogP contribution in [0.25, 0.3) is 0 Å². The van der Waals surface area contributed by atoms with Gasteiger partial charge in [-0.3, -0.25) is 14.5 Å². The molecule has 0 aromatic heterocycles. The maximum atomic E-state index is 13.2. The molecular weight excluding hydrogens is 402 g/mol. The fourth-order valence-electron chi connectivity index (χ4n) is 4.40. The van der Waals surface area contributed by atoms with Crippen molar-refractivity contribution in [2.45, 2.75) is 52.1 Å². The summed E-state index contributed by atoms with van der Waals surface area (Å²) in [7, 11) is 0. The molecule has 4 rings (SSSR count). The van der Waals surface area contributed by atoms with Crippen LogP contribution in [0.4, 0.5) is 0 Å². The van der Waals surface area contributed by atoms with Gasteiger partial charge in [-0.05, 0) is 61.5 Å². The second kappa shape index (κ2) is 8.79. The monoisotopic (exact) mass is 431 g/mol. The van der Waals surface area contributed by atoms with Crippen LogP contribution in [0.5, 0.6) is 11.5 Å². The number of fused-ring (bicyclic) bond motifs is 2. The number of ether oxygens (including phenoxy) is 2. The molecule has 30 heavy (non-hydrogen) atoms. The van der Waals surface area contributed by atoms with Crippen molar-refractivity contribution in [3.63, 3.8) is 0 Å². The lowest BCUT2D eigenvalue weighted by Gasteiger charge is -2.43. The van der Waals surface area contributed by atoms with E-state index in [0.717, 1.165) is 24.2 Å². The summed E-state index contributed by atoms with van der Waals surface area (Å²) in [6.45, 7) is 5.60. The van der Waals surface area contributed by atoms with Crippen LogP contribution < -0.4 is 20.1 Å². The highest BCUT2D eigenvalue weighted by atomic mass is 32.1. The molecular formula is C22H29N3O4S. The van der Waals surface area contributed by atoms with E-state index >= 15 is 0 Å². The molecule has 2 fully saturated rings. The van der Waals surface area contributed by atoms with Gasteiger partial charge in [0.25, 0.3) is 0 Å². The average Bonchev–Trinajstić information content (AvgIpc) is 3.18. The number of benzene rings is 1. The zero-order valence-electron chi connectivity index (χ0n) is 17.5. The van der Waals surface area contributed by atoms with Gasteiger partial charge in [0.2, 0.25) is 18.6 Å². The summed E-state index contributed by atoms with van der Waals surface area (Å²) in [5.41, 5.74) is 0.938. The Hall–Kier alpha value is -2.35. The normalized spacial score (nSPS) is 25.2. The summed E-state index contributed by atoms with van der Waals surface area (Å²) in [6.07, 6.45) is 3.04. The number of carbonyl (C=O) groups excluding carboxylic acids is 2. The van der Waals surface area contributed by atoms with Crippen molar-refractivity contribution in [2.24, 2.45) is 17.8 Å². The van der Waals surface area contributed by atoms with Crippen LogP contribution in [0.15, 0.2) is 18.2 Å². The molecule has 1 aromatic rings. The first-order valence-corrected chi connectivity index (χ1v) is 11.1. The average molecular weight is 432 g/mol. The molecule has 3 atom stereocenters. The summed E-state index contributed by atoms with van der Waals surface area (Å²) < 4.78 is 10.8. The maximum Gasteiger partial charge on any atom is 0.234 e. The van der Waals surface area contributed by atoms with Crippen molar-refractivity contribution in [1.29, 1.82) is 0 Å².